The standard InChI is InChI=1S/C23H29FN2O2/c1-17(22(28)25-23(2,3)4)26(16-19-10-13-20(24)14-11-19)21(27)15-12-18-8-6-5-7-9-18/h5-11,13-14,17H,12,15-16H2,1-4H3,(H,25,28)/t17-/m1/s1. The maximum atomic E-state index is 13.2. The van der Waals surface area contributed by atoms with E-state index in [-0.39, 0.29) is 29.7 Å². The quantitative estimate of drug-likeness (QED) is 0.782. The summed E-state index contributed by atoms with van der Waals surface area (Å²) in [6.45, 7) is 7.69. The molecular formula is C23H29FN2O2. The number of halogens is 1. The molecule has 2 aromatic rings. The fourth-order valence-electron chi connectivity index (χ4n) is 2.88. The molecule has 0 saturated carbocycles. The Morgan fingerprint density at radius 1 is 1.00 bits per heavy atom. The van der Waals surface area contributed by atoms with Gasteiger partial charge in [-0.15, -0.1) is 0 Å². The lowest BCUT2D eigenvalue weighted by atomic mass is 10.1. The van der Waals surface area contributed by atoms with Crippen LogP contribution in [-0.2, 0) is 22.6 Å². The summed E-state index contributed by atoms with van der Waals surface area (Å²) in [5, 5.41) is 2.93. The van der Waals surface area contributed by atoms with Gasteiger partial charge in [-0.3, -0.25) is 9.59 Å². The van der Waals surface area contributed by atoms with E-state index in [1.165, 1.54) is 12.1 Å². The summed E-state index contributed by atoms with van der Waals surface area (Å²) in [6.07, 6.45) is 0.908. The second kappa shape index (κ2) is 9.49. The molecule has 2 rings (SSSR count). The van der Waals surface area contributed by atoms with Crippen molar-refractivity contribution in [1.82, 2.24) is 10.2 Å². The van der Waals surface area contributed by atoms with E-state index in [4.69, 9.17) is 0 Å². The monoisotopic (exact) mass is 384 g/mol. The number of carbonyl (C=O) groups excluding carboxylic acids is 2. The Morgan fingerprint density at radius 3 is 2.18 bits per heavy atom. The third-order valence-electron chi connectivity index (χ3n) is 4.40. The van der Waals surface area contributed by atoms with Crippen molar-refractivity contribution in [2.75, 3.05) is 0 Å². The second-order valence-electron chi connectivity index (χ2n) is 8.05. The Kier molecular flexibility index (Phi) is 7.32. The van der Waals surface area contributed by atoms with Crippen molar-refractivity contribution in [1.29, 1.82) is 0 Å². The van der Waals surface area contributed by atoms with Crippen LogP contribution in [0, 0.1) is 5.82 Å². The molecule has 0 aliphatic carbocycles. The third-order valence-corrected chi connectivity index (χ3v) is 4.40. The van der Waals surface area contributed by atoms with E-state index in [1.807, 2.05) is 51.1 Å². The second-order valence-corrected chi connectivity index (χ2v) is 8.05. The normalized spacial score (nSPS) is 12.3. The van der Waals surface area contributed by atoms with Gasteiger partial charge in [0.15, 0.2) is 0 Å². The molecule has 0 fully saturated rings. The summed E-state index contributed by atoms with van der Waals surface area (Å²) < 4.78 is 13.2. The molecule has 0 spiro atoms. The molecule has 0 heterocycles. The van der Waals surface area contributed by atoms with Gasteiger partial charge in [-0.1, -0.05) is 42.5 Å². The Bertz CT molecular complexity index is 782. The average Bonchev–Trinajstić information content (AvgIpc) is 2.64. The number of nitrogens with one attached hydrogen (secondary N) is 1. The number of aryl methyl sites for hydroxylation is 1. The lowest BCUT2D eigenvalue weighted by Gasteiger charge is -2.31. The summed E-state index contributed by atoms with van der Waals surface area (Å²) in [5.74, 6) is -0.642. The predicted octanol–water partition coefficient (Wildman–Crippen LogP) is 4.09. The van der Waals surface area contributed by atoms with Crippen molar-refractivity contribution in [2.24, 2.45) is 0 Å². The first-order chi connectivity index (χ1) is 13.2. The molecule has 1 N–H and O–H groups in total. The summed E-state index contributed by atoms with van der Waals surface area (Å²) in [6, 6.07) is 15.1. The molecule has 2 aromatic carbocycles. The highest BCUT2D eigenvalue weighted by atomic mass is 19.1. The molecule has 0 unspecified atom stereocenters. The van der Waals surface area contributed by atoms with Crippen molar-refractivity contribution in [3.8, 4) is 0 Å². The molecule has 0 radical (unpaired) electrons. The predicted molar refractivity (Wildman–Crippen MR) is 109 cm³/mol. The minimum absolute atomic E-state index is 0.107. The Morgan fingerprint density at radius 2 is 1.61 bits per heavy atom. The van der Waals surface area contributed by atoms with Gasteiger partial charge in [0.1, 0.15) is 11.9 Å². The van der Waals surface area contributed by atoms with E-state index >= 15 is 0 Å². The number of benzene rings is 2. The molecule has 0 bridgehead atoms. The van der Waals surface area contributed by atoms with Crippen LogP contribution in [0.2, 0.25) is 0 Å². The molecule has 28 heavy (non-hydrogen) atoms. The van der Waals surface area contributed by atoms with Gasteiger partial charge in [0.2, 0.25) is 11.8 Å². The maximum absolute atomic E-state index is 13.2. The highest BCUT2D eigenvalue weighted by Crippen LogP contribution is 2.14. The zero-order chi connectivity index (χ0) is 20.7. The van der Waals surface area contributed by atoms with Crippen LogP contribution >= 0.6 is 0 Å². The van der Waals surface area contributed by atoms with E-state index in [0.717, 1.165) is 11.1 Å². The number of nitrogens with zero attached hydrogens (tertiary/aromatic N) is 1. The van der Waals surface area contributed by atoms with Gasteiger partial charge in [0.05, 0.1) is 0 Å². The number of carbonyl (C=O) groups is 2. The molecule has 0 aromatic heterocycles. The number of hydrogen-bond acceptors (Lipinski definition) is 2. The van der Waals surface area contributed by atoms with E-state index in [2.05, 4.69) is 5.32 Å². The Balaban J connectivity index is 2.15. The van der Waals surface area contributed by atoms with Gasteiger partial charge in [-0.2, -0.15) is 0 Å². The van der Waals surface area contributed by atoms with Crippen LogP contribution in [0.25, 0.3) is 0 Å². The fraction of sp³-hybridized carbons (Fsp3) is 0.391. The molecule has 0 saturated heterocycles. The van der Waals surface area contributed by atoms with Gasteiger partial charge < -0.3 is 10.2 Å². The largest absolute Gasteiger partial charge is 0.350 e. The van der Waals surface area contributed by atoms with Crippen LogP contribution in [0.5, 0.6) is 0 Å². The smallest absolute Gasteiger partial charge is 0.242 e. The van der Waals surface area contributed by atoms with Crippen LogP contribution < -0.4 is 5.32 Å². The molecule has 0 aliphatic rings. The van der Waals surface area contributed by atoms with Gasteiger partial charge in [-0.05, 0) is 57.4 Å². The first-order valence-corrected chi connectivity index (χ1v) is 9.55. The first kappa shape index (κ1) is 21.6. The molecular weight excluding hydrogens is 355 g/mol. The molecule has 4 nitrogen and oxygen atoms in total. The van der Waals surface area contributed by atoms with Crippen molar-refractivity contribution in [3.63, 3.8) is 0 Å². The summed E-state index contributed by atoms with van der Waals surface area (Å²) in [7, 11) is 0. The van der Waals surface area contributed by atoms with E-state index in [1.54, 1.807) is 24.0 Å². The SMILES string of the molecule is C[C@H](C(=O)NC(C)(C)C)N(Cc1ccc(F)cc1)C(=O)CCc1ccccc1. The topological polar surface area (TPSA) is 49.4 Å². The van der Waals surface area contributed by atoms with Gasteiger partial charge in [-0.25, -0.2) is 4.39 Å². The highest BCUT2D eigenvalue weighted by molar-refractivity contribution is 5.87. The minimum Gasteiger partial charge on any atom is -0.350 e. The number of amides is 2. The summed E-state index contributed by atoms with van der Waals surface area (Å²) >= 11 is 0. The van der Waals surface area contributed by atoms with Gasteiger partial charge in [0.25, 0.3) is 0 Å². The Labute approximate surface area is 166 Å². The number of hydrogen-bond donors (Lipinski definition) is 1. The maximum Gasteiger partial charge on any atom is 0.242 e. The molecule has 5 heteroatoms. The van der Waals surface area contributed by atoms with E-state index < -0.39 is 6.04 Å². The zero-order valence-corrected chi connectivity index (χ0v) is 17.0. The van der Waals surface area contributed by atoms with Crippen LogP contribution in [0.3, 0.4) is 0 Å². The fourth-order valence-corrected chi connectivity index (χ4v) is 2.88. The lowest BCUT2D eigenvalue weighted by molar-refractivity contribution is -0.141. The zero-order valence-electron chi connectivity index (χ0n) is 17.0. The average molecular weight is 384 g/mol. The molecule has 0 aliphatic heterocycles. The van der Waals surface area contributed by atoms with E-state index in [0.29, 0.717) is 12.8 Å². The van der Waals surface area contributed by atoms with Crippen LogP contribution in [0.4, 0.5) is 4.39 Å². The molecule has 150 valence electrons. The van der Waals surface area contributed by atoms with Crippen LogP contribution in [0.1, 0.15) is 45.2 Å². The number of rotatable bonds is 7. The lowest BCUT2D eigenvalue weighted by Crippen LogP contribution is -2.52. The third kappa shape index (κ3) is 6.80. The van der Waals surface area contributed by atoms with Gasteiger partial charge in [0, 0.05) is 18.5 Å². The Hall–Kier alpha value is -2.69. The molecule has 1 atom stereocenters. The molecule has 2 amide bonds. The minimum atomic E-state index is -0.632. The highest BCUT2D eigenvalue weighted by Gasteiger charge is 2.28. The van der Waals surface area contributed by atoms with Crippen molar-refractivity contribution < 1.29 is 14.0 Å². The van der Waals surface area contributed by atoms with Gasteiger partial charge >= 0.3 is 0 Å². The van der Waals surface area contributed by atoms with Crippen molar-refractivity contribution >= 4 is 11.8 Å². The van der Waals surface area contributed by atoms with E-state index in [9.17, 15) is 14.0 Å². The first-order valence-electron chi connectivity index (χ1n) is 9.55. The van der Waals surface area contributed by atoms with Crippen LogP contribution in [-0.4, -0.2) is 28.3 Å². The van der Waals surface area contributed by atoms with Crippen LogP contribution in [0.15, 0.2) is 54.6 Å². The van der Waals surface area contributed by atoms with Crippen molar-refractivity contribution in [2.45, 2.75) is 58.7 Å². The summed E-state index contributed by atoms with van der Waals surface area (Å²) in [4.78, 5) is 27.2. The van der Waals surface area contributed by atoms with Crippen molar-refractivity contribution in [3.05, 3.63) is 71.5 Å². The summed E-state index contributed by atoms with van der Waals surface area (Å²) in [5.41, 5.74) is 1.47.